The number of benzene rings is 2. The summed E-state index contributed by atoms with van der Waals surface area (Å²) in [6.07, 6.45) is 3.39. The quantitative estimate of drug-likeness (QED) is 0.250. The van der Waals surface area contributed by atoms with Crippen molar-refractivity contribution in [1.82, 2.24) is 29.6 Å². The maximum atomic E-state index is 14.0. The molecule has 1 aliphatic heterocycles. The molecule has 1 fully saturated rings. The Labute approximate surface area is 236 Å². The summed E-state index contributed by atoms with van der Waals surface area (Å²) in [5.41, 5.74) is 5.41. The molecule has 1 saturated heterocycles. The van der Waals surface area contributed by atoms with E-state index in [1.165, 1.54) is 6.07 Å². The van der Waals surface area contributed by atoms with Gasteiger partial charge < -0.3 is 0 Å². The van der Waals surface area contributed by atoms with E-state index in [0.29, 0.717) is 18.7 Å². The average Bonchev–Trinajstić information content (AvgIpc) is 3.66. The molecule has 41 heavy (non-hydrogen) atoms. The third-order valence-corrected chi connectivity index (χ3v) is 7.70. The molecule has 2 aromatic carbocycles. The van der Waals surface area contributed by atoms with E-state index in [0.717, 1.165) is 51.4 Å². The Morgan fingerprint density at radius 2 is 1.88 bits per heavy atom. The van der Waals surface area contributed by atoms with E-state index >= 15 is 0 Å². The average molecular weight is 557 g/mol. The number of aryl methyl sites for hydroxylation is 1. The molecule has 1 aliphatic rings. The summed E-state index contributed by atoms with van der Waals surface area (Å²) in [6, 6.07) is 15.5. The fraction of sp³-hybridized carbons (Fsp3) is 0.290. The minimum atomic E-state index is -0.931. The topological polar surface area (TPSA) is 78.1 Å². The van der Waals surface area contributed by atoms with Gasteiger partial charge in [0.2, 0.25) is 0 Å². The van der Waals surface area contributed by atoms with E-state index in [9.17, 15) is 13.6 Å². The Morgan fingerprint density at radius 3 is 2.63 bits per heavy atom. The van der Waals surface area contributed by atoms with Crippen molar-refractivity contribution in [1.29, 1.82) is 0 Å². The summed E-state index contributed by atoms with van der Waals surface area (Å²) in [6.45, 7) is 5.06. The number of hydroxylamine groups is 2. The van der Waals surface area contributed by atoms with Crippen LogP contribution in [0.15, 0.2) is 67.0 Å². The van der Waals surface area contributed by atoms with E-state index < -0.39 is 17.7 Å². The summed E-state index contributed by atoms with van der Waals surface area (Å²) in [5, 5.41) is 11.9. The fourth-order valence-electron chi connectivity index (χ4n) is 5.56. The lowest BCUT2D eigenvalue weighted by atomic mass is 9.90. The van der Waals surface area contributed by atoms with Gasteiger partial charge in [0.1, 0.15) is 11.9 Å². The standard InChI is InChI=1S/C31H30F2N6O2/c1-4-38-18-23(30(41-38)20-10-11-26(32)27(33)14-20)13-25(40)15-28-19(2)29(36-39(28)24-8-6-5-7-9-24)21-12-22-17-35-37(3)31(22)34-16-21/h5-12,14,16-17,23,30H,4,13,15,18H2,1-3H3/t23-,30+/m1/s1. The first-order valence-corrected chi connectivity index (χ1v) is 13.6. The van der Waals surface area contributed by atoms with Crippen molar-refractivity contribution in [3.05, 3.63) is 95.4 Å². The molecule has 5 aromatic rings. The van der Waals surface area contributed by atoms with Crippen LogP contribution in [0.25, 0.3) is 28.0 Å². The van der Waals surface area contributed by atoms with Crippen molar-refractivity contribution >= 4 is 16.8 Å². The van der Waals surface area contributed by atoms with Crippen LogP contribution in [-0.2, 0) is 23.1 Å². The second kappa shape index (κ2) is 10.9. The Morgan fingerprint density at radius 1 is 1.07 bits per heavy atom. The van der Waals surface area contributed by atoms with Gasteiger partial charge in [-0.3, -0.25) is 14.3 Å². The van der Waals surface area contributed by atoms with Crippen LogP contribution in [0, 0.1) is 24.5 Å². The van der Waals surface area contributed by atoms with Gasteiger partial charge in [-0.1, -0.05) is 31.2 Å². The van der Waals surface area contributed by atoms with Gasteiger partial charge in [-0.15, -0.1) is 0 Å². The number of nitrogens with zero attached hydrogens (tertiary/aromatic N) is 6. The number of carbonyl (C=O) groups is 1. The highest BCUT2D eigenvalue weighted by Crippen LogP contribution is 2.37. The molecule has 10 heteroatoms. The lowest BCUT2D eigenvalue weighted by molar-refractivity contribution is -0.146. The lowest BCUT2D eigenvalue weighted by Crippen LogP contribution is -2.20. The first-order valence-electron chi connectivity index (χ1n) is 13.6. The number of para-hydroxylation sites is 1. The van der Waals surface area contributed by atoms with Gasteiger partial charge >= 0.3 is 0 Å². The molecule has 3 aromatic heterocycles. The second-order valence-corrected chi connectivity index (χ2v) is 10.4. The fourth-order valence-corrected chi connectivity index (χ4v) is 5.56. The number of pyridine rings is 1. The molecule has 4 heterocycles. The van der Waals surface area contributed by atoms with Gasteiger partial charge in [0.15, 0.2) is 17.3 Å². The Bertz CT molecular complexity index is 1730. The third kappa shape index (κ3) is 5.16. The Hall–Kier alpha value is -4.28. The number of ketones is 1. The number of carbonyl (C=O) groups excluding carboxylic acids is 1. The normalized spacial score (nSPS) is 17.5. The molecule has 0 saturated carbocycles. The van der Waals surface area contributed by atoms with Crippen molar-refractivity contribution in [3.63, 3.8) is 0 Å². The number of hydrogen-bond donors (Lipinski definition) is 0. The minimum absolute atomic E-state index is 0.0108. The number of rotatable bonds is 8. The molecular formula is C31H30F2N6O2. The van der Waals surface area contributed by atoms with Crippen molar-refractivity contribution in [2.75, 3.05) is 13.1 Å². The zero-order valence-electron chi connectivity index (χ0n) is 23.1. The lowest BCUT2D eigenvalue weighted by Gasteiger charge is -2.18. The highest BCUT2D eigenvalue weighted by atomic mass is 19.2. The molecule has 210 valence electrons. The number of hydrogen-bond acceptors (Lipinski definition) is 6. The van der Waals surface area contributed by atoms with Crippen molar-refractivity contribution in [2.45, 2.75) is 32.8 Å². The van der Waals surface area contributed by atoms with Crippen LogP contribution >= 0.6 is 0 Å². The minimum Gasteiger partial charge on any atom is -0.299 e. The van der Waals surface area contributed by atoms with Gasteiger partial charge in [-0.25, -0.2) is 18.4 Å². The zero-order valence-corrected chi connectivity index (χ0v) is 23.1. The molecule has 8 nitrogen and oxygen atoms in total. The Balaban J connectivity index is 1.31. The molecule has 0 bridgehead atoms. The summed E-state index contributed by atoms with van der Waals surface area (Å²) in [7, 11) is 1.85. The number of aromatic nitrogens is 5. The summed E-state index contributed by atoms with van der Waals surface area (Å²) in [4.78, 5) is 24.3. The van der Waals surface area contributed by atoms with Gasteiger partial charge in [-0.05, 0) is 48.4 Å². The molecule has 0 N–H and O–H groups in total. The maximum Gasteiger partial charge on any atom is 0.159 e. The smallest absolute Gasteiger partial charge is 0.159 e. The highest BCUT2D eigenvalue weighted by molar-refractivity contribution is 5.84. The molecular weight excluding hydrogens is 526 g/mol. The van der Waals surface area contributed by atoms with Crippen LogP contribution in [0.2, 0.25) is 0 Å². The van der Waals surface area contributed by atoms with E-state index in [1.807, 2.05) is 62.0 Å². The van der Waals surface area contributed by atoms with Crippen LogP contribution in [0.4, 0.5) is 8.78 Å². The molecule has 6 rings (SSSR count). The van der Waals surface area contributed by atoms with Crippen LogP contribution in [0.5, 0.6) is 0 Å². The van der Waals surface area contributed by atoms with E-state index in [-0.39, 0.29) is 24.5 Å². The predicted molar refractivity (Wildman–Crippen MR) is 150 cm³/mol. The predicted octanol–water partition coefficient (Wildman–Crippen LogP) is 5.53. The van der Waals surface area contributed by atoms with E-state index in [2.05, 4.69) is 10.1 Å². The monoisotopic (exact) mass is 556 g/mol. The van der Waals surface area contributed by atoms with Crippen molar-refractivity contribution in [2.24, 2.45) is 13.0 Å². The van der Waals surface area contributed by atoms with E-state index in [4.69, 9.17) is 9.94 Å². The molecule has 0 radical (unpaired) electrons. The van der Waals surface area contributed by atoms with Gasteiger partial charge in [-0.2, -0.15) is 15.3 Å². The molecule has 0 aliphatic carbocycles. The first-order chi connectivity index (χ1) is 19.8. The molecule has 0 unspecified atom stereocenters. The van der Waals surface area contributed by atoms with Crippen LogP contribution in [-0.4, -0.2) is 48.5 Å². The Kier molecular flexibility index (Phi) is 7.19. The SMILES string of the molecule is CCN1C[C@@H](CC(=O)Cc2c(C)c(-c3cnc4c(cnn4C)c3)nn2-c2ccccc2)[C@H](c2ccc(F)c(F)c2)O1. The maximum absolute atomic E-state index is 14.0. The second-order valence-electron chi connectivity index (χ2n) is 10.4. The number of fused-ring (bicyclic) bond motifs is 1. The van der Waals surface area contributed by atoms with Crippen LogP contribution in [0.1, 0.15) is 36.3 Å². The molecule has 2 atom stereocenters. The van der Waals surface area contributed by atoms with Crippen LogP contribution in [0.3, 0.4) is 0 Å². The van der Waals surface area contributed by atoms with Gasteiger partial charge in [0.05, 0.1) is 23.3 Å². The summed E-state index contributed by atoms with van der Waals surface area (Å²) >= 11 is 0. The van der Waals surface area contributed by atoms with Gasteiger partial charge in [0, 0.05) is 56.0 Å². The van der Waals surface area contributed by atoms with Crippen LogP contribution < -0.4 is 0 Å². The molecule has 0 amide bonds. The summed E-state index contributed by atoms with van der Waals surface area (Å²) < 4.78 is 31.2. The number of Topliss-reactive ketones (excluding diaryl/α,β-unsaturated/α-hetero) is 1. The van der Waals surface area contributed by atoms with Gasteiger partial charge in [0.25, 0.3) is 0 Å². The van der Waals surface area contributed by atoms with Crippen molar-refractivity contribution in [3.8, 4) is 16.9 Å². The third-order valence-electron chi connectivity index (χ3n) is 7.70. The largest absolute Gasteiger partial charge is 0.299 e. The highest BCUT2D eigenvalue weighted by Gasteiger charge is 2.36. The molecule has 0 spiro atoms. The first kappa shape index (κ1) is 26.9. The van der Waals surface area contributed by atoms with Crippen molar-refractivity contribution < 1.29 is 18.4 Å². The van der Waals surface area contributed by atoms with E-state index in [1.54, 1.807) is 22.1 Å². The number of halogens is 2. The zero-order chi connectivity index (χ0) is 28.7. The summed E-state index contributed by atoms with van der Waals surface area (Å²) in [5.74, 6) is -2.04.